The van der Waals surface area contributed by atoms with Gasteiger partial charge in [0.2, 0.25) is 15.9 Å². The predicted molar refractivity (Wildman–Crippen MR) is 129 cm³/mol. The van der Waals surface area contributed by atoms with Crippen LogP contribution in [0, 0.1) is 6.92 Å². The average Bonchev–Trinajstić information content (AvgIpc) is 2.74. The van der Waals surface area contributed by atoms with E-state index in [4.69, 9.17) is 0 Å². The molecule has 1 N–H and O–H groups in total. The van der Waals surface area contributed by atoms with Crippen molar-refractivity contribution in [2.45, 2.75) is 30.5 Å². The highest BCUT2D eigenvalue weighted by Gasteiger charge is 2.29. The Bertz CT molecular complexity index is 1130. The fraction of sp³-hybridized carbons (Fsp3) is 0.208. The molecular weight excluding hydrogens is 428 g/mol. The van der Waals surface area contributed by atoms with Crippen molar-refractivity contribution in [1.29, 1.82) is 0 Å². The minimum Gasteiger partial charge on any atom is -0.324 e. The molecule has 1 amide bonds. The van der Waals surface area contributed by atoms with Gasteiger partial charge in [-0.3, -0.25) is 9.10 Å². The molecule has 0 aromatic heterocycles. The Morgan fingerprint density at radius 3 is 2.19 bits per heavy atom. The fourth-order valence-electron chi connectivity index (χ4n) is 3.26. The lowest BCUT2D eigenvalue weighted by Crippen LogP contribution is -2.45. The van der Waals surface area contributed by atoms with E-state index in [-0.39, 0.29) is 5.91 Å². The number of hydrogen-bond acceptors (Lipinski definition) is 4. The summed E-state index contributed by atoms with van der Waals surface area (Å²) in [4.78, 5) is 14.1. The van der Waals surface area contributed by atoms with Crippen LogP contribution < -0.4 is 9.62 Å². The van der Waals surface area contributed by atoms with Gasteiger partial charge >= 0.3 is 0 Å². The molecule has 3 aromatic carbocycles. The number of nitrogens with one attached hydrogen (secondary N) is 1. The van der Waals surface area contributed by atoms with Crippen molar-refractivity contribution in [2.24, 2.45) is 0 Å². The molecule has 0 heterocycles. The van der Waals surface area contributed by atoms with Crippen LogP contribution in [-0.2, 0) is 20.6 Å². The Balaban J connectivity index is 1.71. The molecule has 31 heavy (non-hydrogen) atoms. The first-order valence-corrected chi connectivity index (χ1v) is 12.7. The van der Waals surface area contributed by atoms with E-state index in [1.807, 2.05) is 43.3 Å². The van der Waals surface area contributed by atoms with Crippen molar-refractivity contribution in [1.82, 2.24) is 0 Å². The van der Waals surface area contributed by atoms with Crippen LogP contribution in [0.5, 0.6) is 0 Å². The summed E-state index contributed by atoms with van der Waals surface area (Å²) in [7, 11) is -3.64. The second-order valence-corrected chi connectivity index (χ2v) is 10.2. The summed E-state index contributed by atoms with van der Waals surface area (Å²) in [5.74, 6) is 0.439. The number of carbonyl (C=O) groups is 1. The van der Waals surface area contributed by atoms with Crippen molar-refractivity contribution in [2.75, 3.05) is 15.9 Å². The normalized spacial score (nSPS) is 12.2. The number of carbonyl (C=O) groups excluding carboxylic acids is 1. The maximum Gasteiger partial charge on any atom is 0.248 e. The van der Waals surface area contributed by atoms with E-state index in [1.54, 1.807) is 49.0 Å². The minimum absolute atomic E-state index is 0.385. The standard InChI is InChI=1S/C24H26N2O3S2/c1-18-16-20(17-30-22-12-8-5-9-13-22)14-15-23(18)25-24(27)19(2)26(31(3,28)29)21-10-6-4-7-11-21/h4-16,19H,17H2,1-3H3,(H,25,27). The van der Waals surface area contributed by atoms with Crippen LogP contribution in [0.2, 0.25) is 0 Å². The molecule has 3 rings (SSSR count). The van der Waals surface area contributed by atoms with E-state index in [0.717, 1.165) is 27.4 Å². The Morgan fingerprint density at radius 1 is 1.00 bits per heavy atom. The van der Waals surface area contributed by atoms with E-state index in [0.29, 0.717) is 11.4 Å². The van der Waals surface area contributed by atoms with Crippen LogP contribution in [0.3, 0.4) is 0 Å². The minimum atomic E-state index is -3.64. The summed E-state index contributed by atoms with van der Waals surface area (Å²) in [5.41, 5.74) is 3.21. The first kappa shape index (κ1) is 22.9. The molecule has 0 saturated carbocycles. The quantitative estimate of drug-likeness (QED) is 0.482. The molecule has 7 heteroatoms. The lowest BCUT2D eigenvalue weighted by molar-refractivity contribution is -0.116. The topological polar surface area (TPSA) is 66.5 Å². The van der Waals surface area contributed by atoms with Crippen molar-refractivity contribution >= 4 is 39.1 Å². The smallest absolute Gasteiger partial charge is 0.248 e. The Labute approximate surface area is 188 Å². The molecule has 3 aromatic rings. The van der Waals surface area contributed by atoms with E-state index in [9.17, 15) is 13.2 Å². The Kier molecular flexibility index (Phi) is 7.41. The van der Waals surface area contributed by atoms with E-state index >= 15 is 0 Å². The van der Waals surface area contributed by atoms with Gasteiger partial charge in [0.25, 0.3) is 0 Å². The SMILES string of the molecule is Cc1cc(CSc2ccccc2)ccc1NC(=O)C(C)N(c1ccccc1)S(C)(=O)=O. The molecule has 0 aliphatic carbocycles. The molecule has 0 fully saturated rings. The molecule has 0 bridgehead atoms. The van der Waals surface area contributed by atoms with Gasteiger partial charge in [-0.15, -0.1) is 11.8 Å². The summed E-state index contributed by atoms with van der Waals surface area (Å²) in [5, 5.41) is 2.88. The van der Waals surface area contributed by atoms with Crippen molar-refractivity contribution in [3.8, 4) is 0 Å². The number of anilines is 2. The lowest BCUT2D eigenvalue weighted by Gasteiger charge is -2.28. The Hall–Kier alpha value is -2.77. The Morgan fingerprint density at radius 2 is 1.61 bits per heavy atom. The van der Waals surface area contributed by atoms with Gasteiger partial charge in [0.05, 0.1) is 11.9 Å². The van der Waals surface area contributed by atoms with Crippen molar-refractivity contribution in [3.05, 3.63) is 90.0 Å². The zero-order valence-corrected chi connectivity index (χ0v) is 19.4. The molecule has 0 aliphatic heterocycles. The van der Waals surface area contributed by atoms with Gasteiger partial charge in [-0.25, -0.2) is 8.42 Å². The number of thioether (sulfide) groups is 1. The van der Waals surface area contributed by atoms with Crippen LogP contribution in [0.4, 0.5) is 11.4 Å². The van der Waals surface area contributed by atoms with E-state index in [1.165, 1.54) is 4.90 Å². The first-order valence-electron chi connectivity index (χ1n) is 9.88. The van der Waals surface area contributed by atoms with E-state index < -0.39 is 16.1 Å². The number of nitrogens with zero attached hydrogens (tertiary/aromatic N) is 1. The number of hydrogen-bond donors (Lipinski definition) is 1. The average molecular weight is 455 g/mol. The zero-order valence-electron chi connectivity index (χ0n) is 17.8. The number of benzene rings is 3. The molecule has 0 radical (unpaired) electrons. The van der Waals surface area contributed by atoms with Crippen LogP contribution in [-0.4, -0.2) is 26.6 Å². The highest BCUT2D eigenvalue weighted by atomic mass is 32.2. The van der Waals surface area contributed by atoms with Gasteiger partial charge in [-0.05, 0) is 55.3 Å². The number of rotatable bonds is 8. The van der Waals surface area contributed by atoms with Gasteiger partial charge in [-0.1, -0.05) is 48.5 Å². The predicted octanol–water partition coefficient (Wildman–Crippen LogP) is 5.08. The molecule has 1 atom stereocenters. The van der Waals surface area contributed by atoms with Crippen LogP contribution >= 0.6 is 11.8 Å². The summed E-state index contributed by atoms with van der Waals surface area (Å²) in [6.07, 6.45) is 1.11. The molecular formula is C24H26N2O3S2. The monoisotopic (exact) mass is 454 g/mol. The second kappa shape index (κ2) is 10.0. The maximum absolute atomic E-state index is 12.9. The highest BCUT2D eigenvalue weighted by Crippen LogP contribution is 2.26. The third-order valence-corrected chi connectivity index (χ3v) is 7.12. The summed E-state index contributed by atoms with van der Waals surface area (Å²) < 4.78 is 25.9. The number of para-hydroxylation sites is 1. The molecule has 1 unspecified atom stereocenters. The molecule has 0 aliphatic rings. The molecule has 162 valence electrons. The van der Waals surface area contributed by atoms with Crippen molar-refractivity contribution in [3.63, 3.8) is 0 Å². The first-order chi connectivity index (χ1) is 14.8. The van der Waals surface area contributed by atoms with Crippen LogP contribution in [0.15, 0.2) is 83.8 Å². The largest absolute Gasteiger partial charge is 0.324 e. The van der Waals surface area contributed by atoms with Gasteiger partial charge in [0.1, 0.15) is 6.04 Å². The molecule has 5 nitrogen and oxygen atoms in total. The second-order valence-electron chi connectivity index (χ2n) is 7.31. The summed E-state index contributed by atoms with van der Waals surface area (Å²) in [6.45, 7) is 3.52. The van der Waals surface area contributed by atoms with Crippen LogP contribution in [0.1, 0.15) is 18.1 Å². The van der Waals surface area contributed by atoms with Crippen LogP contribution in [0.25, 0.3) is 0 Å². The highest BCUT2D eigenvalue weighted by molar-refractivity contribution is 7.98. The summed E-state index contributed by atoms with van der Waals surface area (Å²) in [6, 6.07) is 23.8. The zero-order chi connectivity index (χ0) is 22.4. The lowest BCUT2D eigenvalue weighted by atomic mass is 10.1. The number of sulfonamides is 1. The van der Waals surface area contributed by atoms with Gasteiger partial charge in [0.15, 0.2) is 0 Å². The third kappa shape index (κ3) is 6.12. The van der Waals surface area contributed by atoms with E-state index in [2.05, 4.69) is 17.4 Å². The third-order valence-electron chi connectivity index (χ3n) is 4.80. The molecule has 0 spiro atoms. The van der Waals surface area contributed by atoms with Gasteiger partial charge in [0, 0.05) is 16.3 Å². The number of aryl methyl sites for hydroxylation is 1. The summed E-state index contributed by atoms with van der Waals surface area (Å²) >= 11 is 1.75. The number of amides is 1. The molecule has 0 saturated heterocycles. The maximum atomic E-state index is 12.9. The van der Waals surface area contributed by atoms with Crippen molar-refractivity contribution < 1.29 is 13.2 Å². The van der Waals surface area contributed by atoms with Gasteiger partial charge < -0.3 is 5.32 Å². The van der Waals surface area contributed by atoms with Gasteiger partial charge in [-0.2, -0.15) is 0 Å². The fourth-order valence-corrected chi connectivity index (χ4v) is 5.30.